The summed E-state index contributed by atoms with van der Waals surface area (Å²) in [4.78, 5) is 13.3. The van der Waals surface area contributed by atoms with Crippen molar-refractivity contribution in [2.75, 3.05) is 0 Å². The average Bonchev–Trinajstić information content (AvgIpc) is 3.00. The number of hydrogen-bond acceptors (Lipinski definition) is 3. The van der Waals surface area contributed by atoms with Crippen LogP contribution in [0.2, 0.25) is 0 Å². The second-order valence-electron chi connectivity index (χ2n) is 4.49. The van der Waals surface area contributed by atoms with Crippen LogP contribution >= 0.6 is 11.3 Å². The van der Waals surface area contributed by atoms with Crippen molar-refractivity contribution < 1.29 is 20.3 Å². The first-order valence-electron chi connectivity index (χ1n) is 6.55. The molecule has 1 heterocycles. The largest absolute Gasteiger partial charge is 0.456 e. The van der Waals surface area contributed by atoms with Crippen LogP contribution in [0.5, 0.6) is 0 Å². The first-order valence-corrected chi connectivity index (χ1v) is 7.36. The highest BCUT2D eigenvalue weighted by Gasteiger charge is 2.12. The SMILES string of the molecule is O=C(CCc1ccc(/C(O)=[NH+]/O)s1)NCc1ccccc1. The highest BCUT2D eigenvalue weighted by atomic mass is 32.1. The second kappa shape index (κ2) is 7.44. The third kappa shape index (κ3) is 4.61. The smallest absolute Gasteiger partial charge is 0.423 e. The van der Waals surface area contributed by atoms with Gasteiger partial charge in [-0.3, -0.25) is 10.0 Å². The molecule has 4 N–H and O–H groups in total. The zero-order valence-corrected chi connectivity index (χ0v) is 12.2. The Morgan fingerprint density at radius 3 is 2.67 bits per heavy atom. The molecular formula is C15H17N2O3S+. The predicted molar refractivity (Wildman–Crippen MR) is 80.4 cm³/mol. The van der Waals surface area contributed by atoms with E-state index in [1.165, 1.54) is 11.3 Å². The number of carbonyl (C=O) groups is 1. The molecule has 2 aromatic rings. The van der Waals surface area contributed by atoms with E-state index in [4.69, 9.17) is 5.21 Å². The molecule has 5 nitrogen and oxygen atoms in total. The molecule has 21 heavy (non-hydrogen) atoms. The monoisotopic (exact) mass is 305 g/mol. The summed E-state index contributed by atoms with van der Waals surface area (Å²) >= 11 is 1.33. The van der Waals surface area contributed by atoms with Crippen molar-refractivity contribution in [3.05, 3.63) is 57.8 Å². The van der Waals surface area contributed by atoms with Crippen molar-refractivity contribution >= 4 is 23.1 Å². The maximum atomic E-state index is 11.8. The molecule has 0 bridgehead atoms. The van der Waals surface area contributed by atoms with Gasteiger partial charge in [0.05, 0.1) is 0 Å². The number of carbonyl (C=O) groups excluding carboxylic acids is 1. The molecule has 6 heteroatoms. The van der Waals surface area contributed by atoms with Gasteiger partial charge in [0.15, 0.2) is 0 Å². The summed E-state index contributed by atoms with van der Waals surface area (Å²) in [6.45, 7) is 0.526. The number of aliphatic hydroxyl groups excluding tert-OH is 1. The van der Waals surface area contributed by atoms with Gasteiger partial charge in [-0.15, -0.1) is 11.3 Å². The Kier molecular flexibility index (Phi) is 5.34. The summed E-state index contributed by atoms with van der Waals surface area (Å²) in [5.41, 5.74) is 1.07. The summed E-state index contributed by atoms with van der Waals surface area (Å²) in [7, 11) is 0. The summed E-state index contributed by atoms with van der Waals surface area (Å²) in [5.74, 6) is -0.290. The van der Waals surface area contributed by atoms with Gasteiger partial charge < -0.3 is 10.4 Å². The molecule has 0 aliphatic carbocycles. The molecule has 0 unspecified atom stereocenters. The number of rotatable bonds is 6. The fourth-order valence-corrected chi connectivity index (χ4v) is 2.72. The van der Waals surface area contributed by atoms with Crippen molar-refractivity contribution in [1.29, 1.82) is 0 Å². The summed E-state index contributed by atoms with van der Waals surface area (Å²) < 4.78 is 0. The number of aliphatic hydroxyl groups is 1. The minimum absolute atomic E-state index is 0.0118. The van der Waals surface area contributed by atoms with E-state index in [2.05, 4.69) is 5.32 Å². The molecule has 0 atom stereocenters. The molecule has 2 rings (SSSR count). The molecule has 110 valence electrons. The molecule has 0 saturated carbocycles. The standard InChI is InChI=1S/C15H16N2O3S/c18-14(16-10-11-4-2-1-3-5-11)9-7-12-6-8-13(21-12)15(19)17-20/h1-6,8,20H,7,9-10H2,(H,16,18)(H,17,19)/p+1. The maximum absolute atomic E-state index is 11.8. The number of nitrogens with one attached hydrogen (secondary N) is 2. The molecule has 1 amide bonds. The lowest BCUT2D eigenvalue weighted by Gasteiger charge is -2.04. The Morgan fingerprint density at radius 1 is 1.19 bits per heavy atom. The van der Waals surface area contributed by atoms with E-state index in [0.29, 0.717) is 24.3 Å². The van der Waals surface area contributed by atoms with Crippen LogP contribution in [-0.4, -0.2) is 22.1 Å². The summed E-state index contributed by atoms with van der Waals surface area (Å²) in [6, 6.07) is 13.3. The van der Waals surface area contributed by atoms with Gasteiger partial charge in [0.25, 0.3) is 0 Å². The first kappa shape index (κ1) is 15.1. The maximum Gasteiger partial charge on any atom is 0.423 e. The lowest BCUT2D eigenvalue weighted by atomic mass is 10.2. The topological polar surface area (TPSA) is 83.5 Å². The Hall–Kier alpha value is -2.34. The van der Waals surface area contributed by atoms with E-state index in [-0.39, 0.29) is 11.8 Å². The van der Waals surface area contributed by atoms with Gasteiger partial charge >= 0.3 is 5.90 Å². The zero-order valence-electron chi connectivity index (χ0n) is 11.4. The molecule has 0 saturated heterocycles. The van der Waals surface area contributed by atoms with Crippen LogP contribution in [0.15, 0.2) is 42.5 Å². The molecule has 1 aromatic carbocycles. The Morgan fingerprint density at radius 2 is 1.95 bits per heavy atom. The number of benzene rings is 1. The van der Waals surface area contributed by atoms with Crippen LogP contribution in [0.1, 0.15) is 21.7 Å². The van der Waals surface area contributed by atoms with Gasteiger partial charge in [0.2, 0.25) is 5.91 Å². The molecule has 0 radical (unpaired) electrons. The van der Waals surface area contributed by atoms with Crippen LogP contribution < -0.4 is 10.5 Å². The van der Waals surface area contributed by atoms with E-state index in [1.54, 1.807) is 11.2 Å². The molecule has 0 aliphatic rings. The van der Waals surface area contributed by atoms with Crippen molar-refractivity contribution in [3.8, 4) is 0 Å². The number of hydrogen-bond donors (Lipinski definition) is 4. The van der Waals surface area contributed by atoms with Crippen molar-refractivity contribution in [1.82, 2.24) is 5.32 Å². The van der Waals surface area contributed by atoms with Crippen LogP contribution in [0.4, 0.5) is 0 Å². The van der Waals surface area contributed by atoms with Crippen molar-refractivity contribution in [2.24, 2.45) is 0 Å². The van der Waals surface area contributed by atoms with E-state index in [1.807, 2.05) is 36.4 Å². The van der Waals surface area contributed by atoms with E-state index in [0.717, 1.165) is 10.4 Å². The van der Waals surface area contributed by atoms with E-state index < -0.39 is 0 Å². The normalized spacial score (nSPS) is 11.3. The Balaban J connectivity index is 1.77. The number of amides is 1. The summed E-state index contributed by atoms with van der Waals surface area (Å²) in [5, 5.41) is 22.5. The predicted octanol–water partition coefficient (Wildman–Crippen LogP) is 0.772. The fraction of sp³-hybridized carbons (Fsp3) is 0.200. The Bertz CT molecular complexity index is 623. The fourth-order valence-electron chi connectivity index (χ4n) is 1.82. The van der Waals surface area contributed by atoms with Crippen molar-refractivity contribution in [3.63, 3.8) is 0 Å². The van der Waals surface area contributed by atoms with Crippen LogP contribution in [-0.2, 0) is 17.8 Å². The van der Waals surface area contributed by atoms with Gasteiger partial charge in [-0.05, 0) is 29.3 Å². The molecule has 0 spiro atoms. The average molecular weight is 305 g/mol. The van der Waals surface area contributed by atoms with Crippen LogP contribution in [0.3, 0.4) is 0 Å². The third-order valence-corrected chi connectivity index (χ3v) is 4.08. The van der Waals surface area contributed by atoms with E-state index in [9.17, 15) is 9.90 Å². The Labute approximate surface area is 126 Å². The second-order valence-corrected chi connectivity index (χ2v) is 5.66. The lowest BCUT2D eigenvalue weighted by Crippen LogP contribution is -2.69. The molecule has 0 aliphatic heterocycles. The molecule has 1 aromatic heterocycles. The summed E-state index contributed by atoms with van der Waals surface area (Å²) in [6.07, 6.45) is 0.990. The molecule has 0 fully saturated rings. The van der Waals surface area contributed by atoms with Gasteiger partial charge in [-0.2, -0.15) is 0 Å². The first-order chi connectivity index (χ1) is 10.2. The highest BCUT2D eigenvalue weighted by molar-refractivity contribution is 7.13. The quantitative estimate of drug-likeness (QED) is 0.275. The zero-order chi connectivity index (χ0) is 15.1. The highest BCUT2D eigenvalue weighted by Crippen LogP contribution is 2.17. The van der Waals surface area contributed by atoms with Gasteiger partial charge in [-0.1, -0.05) is 30.3 Å². The minimum Gasteiger partial charge on any atom is -0.456 e. The van der Waals surface area contributed by atoms with Crippen LogP contribution in [0, 0.1) is 0 Å². The van der Waals surface area contributed by atoms with Gasteiger partial charge in [-0.25, -0.2) is 0 Å². The molecular weight excluding hydrogens is 288 g/mol. The van der Waals surface area contributed by atoms with Gasteiger partial charge in [0, 0.05) is 17.8 Å². The van der Waals surface area contributed by atoms with E-state index >= 15 is 0 Å². The van der Waals surface area contributed by atoms with Crippen molar-refractivity contribution in [2.45, 2.75) is 19.4 Å². The number of thiophene rings is 1. The van der Waals surface area contributed by atoms with Gasteiger partial charge in [0.1, 0.15) is 4.88 Å². The minimum atomic E-state index is -0.278. The third-order valence-electron chi connectivity index (χ3n) is 2.93. The van der Waals surface area contributed by atoms with Crippen LogP contribution in [0.25, 0.3) is 0 Å². The lowest BCUT2D eigenvalue weighted by molar-refractivity contribution is -0.741. The number of aryl methyl sites for hydroxylation is 1.